The zero-order valence-electron chi connectivity index (χ0n) is 7.71. The van der Waals surface area contributed by atoms with Crippen molar-refractivity contribution in [3.63, 3.8) is 0 Å². The summed E-state index contributed by atoms with van der Waals surface area (Å²) in [5, 5.41) is 8.56. The second-order valence-electron chi connectivity index (χ2n) is 3.12. The maximum atomic E-state index is 13.2. The van der Waals surface area contributed by atoms with Gasteiger partial charge in [-0.3, -0.25) is 0 Å². The van der Waals surface area contributed by atoms with Crippen LogP contribution in [0.4, 0.5) is 8.78 Å². The number of rotatable bonds is 4. The van der Waals surface area contributed by atoms with Gasteiger partial charge in [0.1, 0.15) is 0 Å². The molecule has 3 N–H and O–H groups in total. The van der Waals surface area contributed by atoms with E-state index in [1.54, 1.807) is 0 Å². The van der Waals surface area contributed by atoms with Gasteiger partial charge < -0.3 is 10.8 Å². The highest BCUT2D eigenvalue weighted by molar-refractivity contribution is 5.22. The number of aliphatic hydroxyl groups excluding tert-OH is 1. The van der Waals surface area contributed by atoms with Crippen LogP contribution >= 0.6 is 0 Å². The number of benzene rings is 1. The molecule has 0 aliphatic heterocycles. The largest absolute Gasteiger partial charge is 0.396 e. The predicted molar refractivity (Wildman–Crippen MR) is 49.6 cm³/mol. The van der Waals surface area contributed by atoms with Crippen LogP contribution in [0.3, 0.4) is 0 Å². The fourth-order valence-corrected chi connectivity index (χ4v) is 1.27. The lowest BCUT2D eigenvalue weighted by Crippen LogP contribution is -2.13. The van der Waals surface area contributed by atoms with Crippen LogP contribution in [0.25, 0.3) is 0 Å². The van der Waals surface area contributed by atoms with Gasteiger partial charge in [-0.25, -0.2) is 8.78 Å². The van der Waals surface area contributed by atoms with Crippen molar-refractivity contribution in [2.75, 3.05) is 6.61 Å². The molecule has 0 saturated carbocycles. The van der Waals surface area contributed by atoms with E-state index < -0.39 is 17.7 Å². The number of halogens is 2. The molecule has 4 heteroatoms. The molecule has 0 spiro atoms. The smallest absolute Gasteiger partial charge is 0.163 e. The van der Waals surface area contributed by atoms with Gasteiger partial charge in [0.15, 0.2) is 11.6 Å². The molecule has 1 rings (SSSR count). The average Bonchev–Trinajstić information content (AvgIpc) is 2.18. The van der Waals surface area contributed by atoms with Crippen molar-refractivity contribution in [3.8, 4) is 0 Å². The van der Waals surface area contributed by atoms with Gasteiger partial charge >= 0.3 is 0 Å². The number of hydrogen-bond acceptors (Lipinski definition) is 2. The average molecular weight is 201 g/mol. The van der Waals surface area contributed by atoms with Crippen molar-refractivity contribution in [1.29, 1.82) is 0 Å². The summed E-state index contributed by atoms with van der Waals surface area (Å²) in [7, 11) is 0. The molecule has 0 amide bonds. The summed E-state index contributed by atoms with van der Waals surface area (Å²) >= 11 is 0. The summed E-state index contributed by atoms with van der Waals surface area (Å²) < 4.78 is 25.9. The van der Waals surface area contributed by atoms with E-state index in [2.05, 4.69) is 0 Å². The zero-order valence-corrected chi connectivity index (χ0v) is 7.71. The summed E-state index contributed by atoms with van der Waals surface area (Å²) in [6, 6.07) is 3.38. The van der Waals surface area contributed by atoms with Gasteiger partial charge in [-0.1, -0.05) is 12.1 Å². The van der Waals surface area contributed by atoms with E-state index in [0.717, 1.165) is 6.07 Å². The molecule has 14 heavy (non-hydrogen) atoms. The molecular formula is C10H13F2NO. The Morgan fingerprint density at radius 3 is 2.71 bits per heavy atom. The van der Waals surface area contributed by atoms with Gasteiger partial charge in [-0.15, -0.1) is 0 Å². The number of aliphatic hydroxyl groups is 1. The summed E-state index contributed by atoms with van der Waals surface area (Å²) in [6.45, 7) is 0.00460. The Hall–Kier alpha value is -1.00. The summed E-state index contributed by atoms with van der Waals surface area (Å²) in [4.78, 5) is 0. The molecule has 1 atom stereocenters. The maximum absolute atomic E-state index is 13.2. The standard InChI is InChI=1S/C10H13F2NO/c11-8-4-1-3-7(10(8)12)9(13)5-2-6-14/h1,3-4,9,14H,2,5-6,13H2/t9-/m0/s1. The van der Waals surface area contributed by atoms with Crippen LogP contribution in [0.15, 0.2) is 18.2 Å². The van der Waals surface area contributed by atoms with Gasteiger partial charge in [0.05, 0.1) is 0 Å². The molecule has 78 valence electrons. The summed E-state index contributed by atoms with van der Waals surface area (Å²) in [6.07, 6.45) is 0.925. The highest BCUT2D eigenvalue weighted by atomic mass is 19.2. The normalized spacial score (nSPS) is 12.9. The first kappa shape index (κ1) is 11.1. The minimum atomic E-state index is -0.891. The zero-order chi connectivity index (χ0) is 10.6. The highest BCUT2D eigenvalue weighted by Crippen LogP contribution is 2.20. The predicted octanol–water partition coefficient (Wildman–Crippen LogP) is 1.74. The van der Waals surface area contributed by atoms with E-state index in [1.807, 2.05) is 0 Å². The minimum absolute atomic E-state index is 0.00460. The van der Waals surface area contributed by atoms with Gasteiger partial charge in [-0.2, -0.15) is 0 Å². The van der Waals surface area contributed by atoms with Gasteiger partial charge in [-0.05, 0) is 18.9 Å². The van der Waals surface area contributed by atoms with Crippen LogP contribution in [0, 0.1) is 11.6 Å². The lowest BCUT2D eigenvalue weighted by molar-refractivity contribution is 0.279. The Morgan fingerprint density at radius 2 is 2.07 bits per heavy atom. The lowest BCUT2D eigenvalue weighted by atomic mass is 10.0. The van der Waals surface area contributed by atoms with Crippen LogP contribution in [-0.2, 0) is 0 Å². The Labute approximate surface area is 81.4 Å². The Bertz CT molecular complexity index is 304. The van der Waals surface area contributed by atoms with Crippen molar-refractivity contribution >= 4 is 0 Å². The van der Waals surface area contributed by atoms with Crippen LogP contribution in [0.1, 0.15) is 24.4 Å². The molecule has 0 radical (unpaired) electrons. The van der Waals surface area contributed by atoms with Crippen molar-refractivity contribution in [1.82, 2.24) is 0 Å². The summed E-state index contributed by atoms with van der Waals surface area (Å²) in [5.74, 6) is -1.78. The van der Waals surface area contributed by atoms with E-state index in [0.29, 0.717) is 12.8 Å². The minimum Gasteiger partial charge on any atom is -0.396 e. The molecule has 2 nitrogen and oxygen atoms in total. The van der Waals surface area contributed by atoms with Gasteiger partial charge in [0, 0.05) is 18.2 Å². The third-order valence-electron chi connectivity index (χ3n) is 2.05. The molecular weight excluding hydrogens is 188 g/mol. The monoisotopic (exact) mass is 201 g/mol. The Kier molecular flexibility index (Phi) is 3.98. The van der Waals surface area contributed by atoms with Crippen LogP contribution in [0.5, 0.6) is 0 Å². The maximum Gasteiger partial charge on any atom is 0.163 e. The van der Waals surface area contributed by atoms with Crippen LogP contribution in [-0.4, -0.2) is 11.7 Å². The van der Waals surface area contributed by atoms with Crippen LogP contribution < -0.4 is 5.73 Å². The second kappa shape index (κ2) is 5.02. The number of hydrogen-bond donors (Lipinski definition) is 2. The molecule has 0 saturated heterocycles. The van der Waals surface area contributed by atoms with Crippen molar-refractivity contribution < 1.29 is 13.9 Å². The Balaban J connectivity index is 2.79. The van der Waals surface area contributed by atoms with Gasteiger partial charge in [0.2, 0.25) is 0 Å². The number of nitrogens with two attached hydrogens (primary N) is 1. The second-order valence-corrected chi connectivity index (χ2v) is 3.12. The topological polar surface area (TPSA) is 46.2 Å². The molecule has 0 fully saturated rings. The van der Waals surface area contributed by atoms with Crippen LogP contribution in [0.2, 0.25) is 0 Å². The third-order valence-corrected chi connectivity index (χ3v) is 2.05. The molecule has 1 aromatic rings. The molecule has 0 unspecified atom stereocenters. The molecule has 0 aromatic heterocycles. The molecule has 0 bridgehead atoms. The first-order valence-electron chi connectivity index (χ1n) is 4.47. The lowest BCUT2D eigenvalue weighted by Gasteiger charge is -2.12. The first-order chi connectivity index (χ1) is 6.66. The van der Waals surface area contributed by atoms with E-state index in [4.69, 9.17) is 10.8 Å². The van der Waals surface area contributed by atoms with E-state index >= 15 is 0 Å². The quantitative estimate of drug-likeness (QED) is 0.779. The molecule has 0 aliphatic carbocycles. The fraction of sp³-hybridized carbons (Fsp3) is 0.400. The van der Waals surface area contributed by atoms with Crippen molar-refractivity contribution in [2.24, 2.45) is 5.73 Å². The fourth-order valence-electron chi connectivity index (χ4n) is 1.27. The Morgan fingerprint density at radius 1 is 1.36 bits per heavy atom. The first-order valence-corrected chi connectivity index (χ1v) is 4.47. The molecule has 0 aliphatic rings. The highest BCUT2D eigenvalue weighted by Gasteiger charge is 2.13. The molecule has 0 heterocycles. The van der Waals surface area contributed by atoms with Gasteiger partial charge in [0.25, 0.3) is 0 Å². The third kappa shape index (κ3) is 2.49. The SMILES string of the molecule is N[C@@H](CCCO)c1cccc(F)c1F. The van der Waals surface area contributed by atoms with Crippen molar-refractivity contribution in [3.05, 3.63) is 35.4 Å². The van der Waals surface area contributed by atoms with E-state index in [9.17, 15) is 8.78 Å². The summed E-state index contributed by atoms with van der Waals surface area (Å²) in [5.41, 5.74) is 5.80. The van der Waals surface area contributed by atoms with E-state index in [-0.39, 0.29) is 12.2 Å². The van der Waals surface area contributed by atoms with E-state index in [1.165, 1.54) is 12.1 Å². The van der Waals surface area contributed by atoms with Crippen molar-refractivity contribution in [2.45, 2.75) is 18.9 Å². The molecule has 1 aromatic carbocycles.